The Balaban J connectivity index is 2.23. The number of nitrogens with one attached hydrogen (secondary N) is 1. The highest BCUT2D eigenvalue weighted by Crippen LogP contribution is 2.28. The van der Waals surface area contributed by atoms with Crippen LogP contribution in [0.5, 0.6) is 0 Å². The van der Waals surface area contributed by atoms with Gasteiger partial charge >= 0.3 is 0 Å². The van der Waals surface area contributed by atoms with E-state index in [0.29, 0.717) is 17.2 Å². The van der Waals surface area contributed by atoms with E-state index in [1.165, 1.54) is 0 Å². The lowest BCUT2D eigenvalue weighted by molar-refractivity contribution is 0.0532. The van der Waals surface area contributed by atoms with Crippen LogP contribution in [0.25, 0.3) is 0 Å². The van der Waals surface area contributed by atoms with Crippen LogP contribution in [0.3, 0.4) is 0 Å². The molecule has 1 aliphatic rings. The van der Waals surface area contributed by atoms with Crippen molar-refractivity contribution in [2.75, 3.05) is 24.6 Å². The molecule has 0 saturated carbocycles. The first-order valence-corrected chi connectivity index (χ1v) is 5.96. The average molecular weight is 254 g/mol. The number of halogens is 1. The zero-order valence-electron chi connectivity index (χ0n) is 9.74. The molecule has 0 amide bonds. The van der Waals surface area contributed by atoms with Gasteiger partial charge in [0, 0.05) is 18.7 Å². The predicted octanol–water partition coefficient (Wildman–Crippen LogP) is 1.85. The van der Waals surface area contributed by atoms with Gasteiger partial charge in [-0.3, -0.25) is 5.41 Å². The lowest BCUT2D eigenvalue weighted by Gasteiger charge is -2.33. The number of hydrogen-bond donors (Lipinski definition) is 2. The van der Waals surface area contributed by atoms with Crippen molar-refractivity contribution < 1.29 is 4.74 Å². The largest absolute Gasteiger partial charge is 0.384 e. The second-order valence-corrected chi connectivity index (χ2v) is 4.61. The molecule has 1 fully saturated rings. The van der Waals surface area contributed by atoms with E-state index in [0.717, 1.165) is 18.8 Å². The maximum Gasteiger partial charge on any atom is 0.122 e. The summed E-state index contributed by atoms with van der Waals surface area (Å²) in [7, 11) is 0. The van der Waals surface area contributed by atoms with Crippen molar-refractivity contribution >= 4 is 23.1 Å². The Bertz CT molecular complexity index is 436. The highest BCUT2D eigenvalue weighted by molar-refractivity contribution is 6.33. The number of nitrogens with zero attached hydrogens (tertiary/aromatic N) is 1. The van der Waals surface area contributed by atoms with Crippen LogP contribution in [0.2, 0.25) is 5.02 Å². The van der Waals surface area contributed by atoms with Crippen LogP contribution in [0.4, 0.5) is 5.69 Å². The number of ether oxygens (including phenoxy) is 1. The number of nitrogen functional groups attached to an aromatic ring is 1. The van der Waals surface area contributed by atoms with Gasteiger partial charge in [0.25, 0.3) is 0 Å². The molecule has 1 aromatic rings. The van der Waals surface area contributed by atoms with Crippen LogP contribution in [-0.2, 0) is 4.74 Å². The highest BCUT2D eigenvalue weighted by Gasteiger charge is 2.19. The van der Waals surface area contributed by atoms with Crippen molar-refractivity contribution in [3.63, 3.8) is 0 Å². The van der Waals surface area contributed by atoms with Crippen molar-refractivity contribution in [2.45, 2.75) is 13.0 Å². The van der Waals surface area contributed by atoms with E-state index in [1.54, 1.807) is 6.07 Å². The molecule has 1 aromatic carbocycles. The summed E-state index contributed by atoms with van der Waals surface area (Å²) in [5.74, 6) is 0.0359. The fourth-order valence-electron chi connectivity index (χ4n) is 1.97. The smallest absolute Gasteiger partial charge is 0.122 e. The molecule has 0 aromatic heterocycles. The van der Waals surface area contributed by atoms with Gasteiger partial charge in [-0.2, -0.15) is 0 Å². The van der Waals surface area contributed by atoms with Crippen LogP contribution in [0.1, 0.15) is 12.5 Å². The first-order chi connectivity index (χ1) is 8.08. The molecule has 1 aliphatic heterocycles. The van der Waals surface area contributed by atoms with Crippen LogP contribution < -0.4 is 10.6 Å². The molecule has 5 heteroatoms. The summed E-state index contributed by atoms with van der Waals surface area (Å²) in [5.41, 5.74) is 7.06. The van der Waals surface area contributed by atoms with E-state index >= 15 is 0 Å². The second kappa shape index (κ2) is 4.94. The fraction of sp³-hybridized carbons (Fsp3) is 0.417. The monoisotopic (exact) mass is 253 g/mol. The molecule has 0 spiro atoms. The fourth-order valence-corrected chi connectivity index (χ4v) is 2.27. The maximum absolute atomic E-state index is 7.36. The van der Waals surface area contributed by atoms with Crippen molar-refractivity contribution in [3.05, 3.63) is 28.8 Å². The summed E-state index contributed by atoms with van der Waals surface area (Å²) >= 11 is 6.22. The van der Waals surface area contributed by atoms with Crippen LogP contribution in [0.15, 0.2) is 18.2 Å². The second-order valence-electron chi connectivity index (χ2n) is 4.21. The summed E-state index contributed by atoms with van der Waals surface area (Å²) in [5, 5.41) is 8.00. The van der Waals surface area contributed by atoms with E-state index in [9.17, 15) is 0 Å². The summed E-state index contributed by atoms with van der Waals surface area (Å²) in [6, 6.07) is 5.47. The van der Waals surface area contributed by atoms with Crippen LogP contribution >= 0.6 is 11.6 Å². The highest BCUT2D eigenvalue weighted by atomic mass is 35.5. The Kier molecular flexibility index (Phi) is 3.54. The topological polar surface area (TPSA) is 62.3 Å². The van der Waals surface area contributed by atoms with E-state index < -0.39 is 0 Å². The molecular weight excluding hydrogens is 238 g/mol. The third-order valence-corrected chi connectivity index (χ3v) is 3.14. The van der Waals surface area contributed by atoms with Gasteiger partial charge < -0.3 is 15.4 Å². The summed E-state index contributed by atoms with van der Waals surface area (Å²) in [4.78, 5) is 2.19. The van der Waals surface area contributed by atoms with Crippen LogP contribution in [-0.4, -0.2) is 31.6 Å². The molecule has 0 aliphatic carbocycles. The molecular formula is C12H16ClN3O. The molecule has 1 atom stereocenters. The van der Waals surface area contributed by atoms with Gasteiger partial charge in [-0.15, -0.1) is 0 Å². The zero-order valence-corrected chi connectivity index (χ0v) is 10.5. The van der Waals surface area contributed by atoms with Crippen molar-refractivity contribution in [3.8, 4) is 0 Å². The lowest BCUT2D eigenvalue weighted by Crippen LogP contribution is -2.41. The molecule has 1 unspecified atom stereocenters. The van der Waals surface area contributed by atoms with Gasteiger partial charge in [0.05, 0.1) is 23.4 Å². The summed E-state index contributed by atoms with van der Waals surface area (Å²) in [6.07, 6.45) is 0.215. The summed E-state index contributed by atoms with van der Waals surface area (Å²) < 4.78 is 5.49. The summed E-state index contributed by atoms with van der Waals surface area (Å²) in [6.45, 7) is 4.43. The Hall–Kier alpha value is -1.26. The van der Waals surface area contributed by atoms with Crippen molar-refractivity contribution in [1.29, 1.82) is 5.41 Å². The van der Waals surface area contributed by atoms with E-state index in [-0.39, 0.29) is 11.9 Å². The lowest BCUT2D eigenvalue weighted by atomic mass is 10.1. The third kappa shape index (κ3) is 2.70. The van der Waals surface area contributed by atoms with E-state index in [4.69, 9.17) is 27.5 Å². The van der Waals surface area contributed by atoms with Gasteiger partial charge in [-0.1, -0.05) is 11.6 Å². The number of morpholine rings is 1. The minimum atomic E-state index is 0.0359. The van der Waals surface area contributed by atoms with Gasteiger partial charge in [0.2, 0.25) is 0 Å². The van der Waals surface area contributed by atoms with E-state index in [1.807, 2.05) is 19.1 Å². The Morgan fingerprint density at radius 1 is 1.59 bits per heavy atom. The molecule has 92 valence electrons. The van der Waals surface area contributed by atoms with Crippen molar-refractivity contribution in [2.24, 2.45) is 5.73 Å². The number of rotatable bonds is 2. The Morgan fingerprint density at radius 3 is 2.94 bits per heavy atom. The number of anilines is 1. The molecule has 2 rings (SSSR count). The minimum absolute atomic E-state index is 0.0359. The van der Waals surface area contributed by atoms with E-state index in [2.05, 4.69) is 4.90 Å². The normalized spacial score (nSPS) is 20.4. The molecule has 17 heavy (non-hydrogen) atoms. The molecule has 1 saturated heterocycles. The van der Waals surface area contributed by atoms with Crippen LogP contribution in [0, 0.1) is 5.41 Å². The molecule has 4 nitrogen and oxygen atoms in total. The number of amidine groups is 1. The minimum Gasteiger partial charge on any atom is -0.384 e. The Labute approximate surface area is 106 Å². The van der Waals surface area contributed by atoms with Gasteiger partial charge in [0.1, 0.15) is 5.84 Å². The van der Waals surface area contributed by atoms with Gasteiger partial charge in [-0.05, 0) is 25.1 Å². The molecule has 3 N–H and O–H groups in total. The average Bonchev–Trinajstić information content (AvgIpc) is 2.28. The standard InChI is InChI=1S/C12H16ClN3O/c1-8-7-16(4-5-17-8)11-3-2-9(12(14)15)6-10(11)13/h2-3,6,8H,4-5,7H2,1H3,(H3,14,15). The molecule has 0 radical (unpaired) electrons. The zero-order chi connectivity index (χ0) is 12.4. The SMILES string of the molecule is CC1CN(c2ccc(C(=N)N)cc2Cl)CCO1. The number of hydrogen-bond acceptors (Lipinski definition) is 3. The third-order valence-electron chi connectivity index (χ3n) is 2.84. The number of benzene rings is 1. The predicted molar refractivity (Wildman–Crippen MR) is 70.1 cm³/mol. The first kappa shape index (κ1) is 12.2. The number of nitrogens with two attached hydrogens (primary N) is 1. The maximum atomic E-state index is 7.36. The van der Waals surface area contributed by atoms with Crippen molar-refractivity contribution in [1.82, 2.24) is 0 Å². The van der Waals surface area contributed by atoms with Gasteiger partial charge in [0.15, 0.2) is 0 Å². The quantitative estimate of drug-likeness (QED) is 0.625. The molecule has 1 heterocycles. The first-order valence-electron chi connectivity index (χ1n) is 5.58. The Morgan fingerprint density at radius 2 is 2.35 bits per heavy atom. The van der Waals surface area contributed by atoms with Gasteiger partial charge in [-0.25, -0.2) is 0 Å². The molecule has 0 bridgehead atoms.